The Morgan fingerprint density at radius 3 is 1.84 bits per heavy atom. The van der Waals surface area contributed by atoms with E-state index in [0.29, 0.717) is 19.4 Å². The lowest BCUT2D eigenvalue weighted by atomic mass is 9.74. The third-order valence-corrected chi connectivity index (χ3v) is 11.3. The quantitative estimate of drug-likeness (QED) is 0.242. The molecule has 3 heterocycles. The van der Waals surface area contributed by atoms with E-state index in [1.165, 1.54) is 19.2 Å². The van der Waals surface area contributed by atoms with Gasteiger partial charge in [0.25, 0.3) is 0 Å². The minimum atomic E-state index is -0.656. The molecule has 3 aliphatic heterocycles. The molecule has 4 amide bonds. The van der Waals surface area contributed by atoms with Crippen molar-refractivity contribution in [2.24, 2.45) is 27.7 Å². The van der Waals surface area contributed by atoms with Gasteiger partial charge in [-0.3, -0.25) is 19.6 Å². The number of allylic oxidation sites excluding steroid dienone is 2. The van der Waals surface area contributed by atoms with Crippen LogP contribution in [0.15, 0.2) is 70.9 Å². The summed E-state index contributed by atoms with van der Waals surface area (Å²) in [5, 5.41) is 4.13. The van der Waals surface area contributed by atoms with Crippen LogP contribution in [0.25, 0.3) is 22.3 Å². The largest absolute Gasteiger partial charge is 0.453 e. The van der Waals surface area contributed by atoms with E-state index < -0.39 is 18.2 Å². The lowest BCUT2D eigenvalue weighted by Crippen LogP contribution is -2.54. The average Bonchev–Trinajstić information content (AvgIpc) is 4.00. The second kappa shape index (κ2) is 17.5. The smallest absolute Gasteiger partial charge is 0.425 e. The van der Waals surface area contributed by atoms with Crippen LogP contribution in [-0.2, 0) is 19.1 Å². The summed E-state index contributed by atoms with van der Waals surface area (Å²) in [5.41, 5.74) is 11.3. The normalized spacial score (nSPS) is 21.4. The van der Waals surface area contributed by atoms with Gasteiger partial charge in [-0.25, -0.2) is 20.0 Å². The van der Waals surface area contributed by atoms with Gasteiger partial charge in [-0.05, 0) is 78.8 Å². The predicted octanol–water partition coefficient (Wildman–Crippen LogP) is 7.41. The summed E-state index contributed by atoms with van der Waals surface area (Å²) in [5.74, 6) is -0.488. The van der Waals surface area contributed by atoms with Crippen LogP contribution in [-0.4, -0.2) is 84.2 Å². The number of benzene rings is 2. The summed E-state index contributed by atoms with van der Waals surface area (Å²) in [7, 11) is 2.59. The van der Waals surface area contributed by atoms with Crippen molar-refractivity contribution >= 4 is 46.6 Å². The number of alkyl carbamates (subject to hydrolysis) is 1. The first-order valence-corrected chi connectivity index (χ1v) is 19.5. The maximum atomic E-state index is 13.7. The lowest BCUT2D eigenvalue weighted by Gasteiger charge is -2.36. The van der Waals surface area contributed by atoms with E-state index in [2.05, 4.69) is 59.3 Å². The minimum absolute atomic E-state index is 0.0251. The van der Waals surface area contributed by atoms with Crippen molar-refractivity contribution in [1.29, 1.82) is 0 Å². The lowest BCUT2D eigenvalue weighted by molar-refractivity contribution is -0.142. The van der Waals surface area contributed by atoms with Crippen molar-refractivity contribution in [1.82, 2.24) is 20.7 Å². The molecule has 1 saturated carbocycles. The Hall–Kier alpha value is -5.26. The zero-order chi connectivity index (χ0) is 39.2. The van der Waals surface area contributed by atoms with Crippen LogP contribution in [0.1, 0.15) is 90.2 Å². The van der Waals surface area contributed by atoms with Crippen molar-refractivity contribution in [3.8, 4) is 11.1 Å². The number of hydrogen-bond acceptors (Lipinski definition) is 8. The second-order valence-electron chi connectivity index (χ2n) is 15.5. The third-order valence-electron chi connectivity index (χ3n) is 11.3. The number of methoxy groups -OCH3 is 2. The Morgan fingerprint density at radius 1 is 0.727 bits per heavy atom. The second-order valence-corrected chi connectivity index (χ2v) is 15.5. The van der Waals surface area contributed by atoms with Gasteiger partial charge in [-0.2, -0.15) is 0 Å². The van der Waals surface area contributed by atoms with Crippen LogP contribution >= 0.6 is 0 Å². The molecule has 6 rings (SSSR count). The molecule has 0 radical (unpaired) electrons. The van der Waals surface area contributed by atoms with Crippen LogP contribution in [0, 0.1) is 17.8 Å². The highest BCUT2D eigenvalue weighted by atomic mass is 16.5. The molecule has 12 nitrogen and oxygen atoms in total. The molecule has 0 unspecified atom stereocenters. The molecule has 2 N–H and O–H groups in total. The Balaban J connectivity index is 1.05. The Labute approximate surface area is 324 Å². The zero-order valence-corrected chi connectivity index (χ0v) is 32.8. The van der Waals surface area contributed by atoms with Crippen molar-refractivity contribution in [2.75, 3.05) is 20.8 Å². The molecule has 2 aromatic rings. The van der Waals surface area contributed by atoms with Crippen LogP contribution in [0.2, 0.25) is 0 Å². The first-order chi connectivity index (χ1) is 26.5. The van der Waals surface area contributed by atoms with E-state index >= 15 is 0 Å². The fourth-order valence-electron chi connectivity index (χ4n) is 8.27. The molecule has 12 heteroatoms. The van der Waals surface area contributed by atoms with Gasteiger partial charge in [0.05, 0.1) is 20.3 Å². The van der Waals surface area contributed by atoms with Crippen LogP contribution in [0.3, 0.4) is 0 Å². The summed E-state index contributed by atoms with van der Waals surface area (Å²) < 4.78 is 9.53. The maximum absolute atomic E-state index is 13.7. The number of hydrogen-bond donors (Lipinski definition) is 2. The van der Waals surface area contributed by atoms with Crippen molar-refractivity contribution in [3.63, 3.8) is 0 Å². The van der Waals surface area contributed by atoms with E-state index in [1.54, 1.807) is 0 Å². The molecule has 0 aromatic heterocycles. The average molecular weight is 751 g/mol. The van der Waals surface area contributed by atoms with Gasteiger partial charge in [-0.15, -0.1) is 0 Å². The van der Waals surface area contributed by atoms with Gasteiger partial charge in [-0.1, -0.05) is 75.2 Å². The minimum Gasteiger partial charge on any atom is -0.453 e. The predicted molar refractivity (Wildman–Crippen MR) is 214 cm³/mol. The van der Waals surface area contributed by atoms with Crippen LogP contribution in [0.5, 0.6) is 0 Å². The van der Waals surface area contributed by atoms with E-state index in [1.807, 2.05) is 45.0 Å². The molecule has 2 fully saturated rings. The van der Waals surface area contributed by atoms with E-state index in [9.17, 15) is 19.2 Å². The van der Waals surface area contributed by atoms with Gasteiger partial charge < -0.3 is 19.7 Å². The molecule has 4 aliphatic rings. The summed E-state index contributed by atoms with van der Waals surface area (Å²) in [6.07, 6.45) is 9.39. The third kappa shape index (κ3) is 8.84. The highest BCUT2D eigenvalue weighted by Gasteiger charge is 2.40. The summed E-state index contributed by atoms with van der Waals surface area (Å²) in [6.45, 7) is 8.23. The monoisotopic (exact) mass is 750 g/mol. The van der Waals surface area contributed by atoms with Crippen LogP contribution in [0.4, 0.5) is 9.59 Å². The van der Waals surface area contributed by atoms with Crippen molar-refractivity contribution in [2.45, 2.75) is 97.2 Å². The van der Waals surface area contributed by atoms with E-state index in [0.717, 1.165) is 83.3 Å². The summed E-state index contributed by atoms with van der Waals surface area (Å²) >= 11 is 0. The van der Waals surface area contributed by atoms with Crippen molar-refractivity contribution in [3.05, 3.63) is 72.1 Å². The number of nitrogens with one attached hydrogen (secondary N) is 2. The summed E-state index contributed by atoms with van der Waals surface area (Å²) in [6, 6.07) is 16.1. The standard InChI is InChI=1S/C43H54N6O6/c1-26(2)39(46-42(52)54-5)41(51)48-21-9-12-38(48)37-23-33(25-45-37)31-19-15-29(16-20-31)28-13-17-30(18-14-28)32-22-36(44-24-32)34-10-7-8-11-35(34)40(50)49(27(3)4)47-43(53)55-6/h13-20,24-27,34-35,38-39H,7-12,21-23H2,1-6H3,(H,46,52)(H,47,53)/t34-,35-,38+,39+/m1/s1. The molecule has 292 valence electrons. The SMILES string of the molecule is COC(=O)N[C@H](C(=O)N1CCC[C@H]1C1=NC=C(c2ccc(-c3ccc(C4=CN=C([C@@H]5CCCC[C@H]5C(=O)N(NC(=O)OC)C(C)C)C4)cc3)cc2)C1)C(C)C. The molecular formula is C43H54N6O6. The zero-order valence-electron chi connectivity index (χ0n) is 32.8. The molecular weight excluding hydrogens is 697 g/mol. The number of carbonyl (C=O) groups is 4. The number of hydrazine groups is 1. The first-order valence-electron chi connectivity index (χ1n) is 19.5. The topological polar surface area (TPSA) is 142 Å². The fourth-order valence-corrected chi connectivity index (χ4v) is 8.27. The number of nitrogens with zero attached hydrogens (tertiary/aromatic N) is 4. The van der Waals surface area contributed by atoms with Gasteiger partial charge in [0, 0.05) is 61.1 Å². The molecule has 1 aliphatic carbocycles. The number of carbonyl (C=O) groups excluding carboxylic acids is 4. The number of ether oxygens (including phenoxy) is 2. The molecule has 55 heavy (non-hydrogen) atoms. The Morgan fingerprint density at radius 2 is 1.27 bits per heavy atom. The Bertz CT molecular complexity index is 1880. The molecule has 1 saturated heterocycles. The number of likely N-dealkylation sites (tertiary alicyclic amines) is 1. The number of amides is 4. The number of rotatable bonds is 10. The van der Waals surface area contributed by atoms with Gasteiger partial charge >= 0.3 is 12.2 Å². The fraction of sp³-hybridized carbons (Fsp3) is 0.488. The molecule has 2 aromatic carbocycles. The summed E-state index contributed by atoms with van der Waals surface area (Å²) in [4.78, 5) is 62.7. The van der Waals surface area contributed by atoms with Gasteiger partial charge in [0.2, 0.25) is 11.8 Å². The molecule has 0 bridgehead atoms. The molecule has 4 atom stereocenters. The van der Waals surface area contributed by atoms with Gasteiger partial charge in [0.15, 0.2) is 0 Å². The number of aliphatic imine (C=N–C) groups is 2. The Kier molecular flexibility index (Phi) is 12.5. The van der Waals surface area contributed by atoms with E-state index in [-0.39, 0.29) is 41.7 Å². The highest BCUT2D eigenvalue weighted by molar-refractivity contribution is 6.04. The molecule has 0 spiro atoms. The van der Waals surface area contributed by atoms with Gasteiger partial charge in [0.1, 0.15) is 6.04 Å². The first kappa shape index (κ1) is 39.4. The highest BCUT2D eigenvalue weighted by Crippen LogP contribution is 2.38. The van der Waals surface area contributed by atoms with E-state index in [4.69, 9.17) is 19.5 Å². The van der Waals surface area contributed by atoms with Crippen LogP contribution < -0.4 is 10.7 Å². The maximum Gasteiger partial charge on any atom is 0.425 e. The van der Waals surface area contributed by atoms with Crippen molar-refractivity contribution < 1.29 is 28.7 Å².